The van der Waals surface area contributed by atoms with Crippen LogP contribution in [0.4, 0.5) is 4.79 Å². The first-order valence-electron chi connectivity index (χ1n) is 6.79. The number of nitrogens with zero attached hydrogens (tertiary/aromatic N) is 1. The molecule has 9 heteroatoms. The van der Waals surface area contributed by atoms with Gasteiger partial charge in [0, 0.05) is 12.3 Å². The van der Waals surface area contributed by atoms with Crippen molar-refractivity contribution in [1.82, 2.24) is 10.3 Å². The van der Waals surface area contributed by atoms with E-state index in [1.165, 1.54) is 19.4 Å². The lowest BCUT2D eigenvalue weighted by molar-refractivity contribution is -0.141. The Balaban J connectivity index is 2.87. The summed E-state index contributed by atoms with van der Waals surface area (Å²) in [5.74, 6) is -1.08. The number of nitrogens with one attached hydrogen (secondary N) is 1. The van der Waals surface area contributed by atoms with Crippen LogP contribution >= 0.6 is 11.3 Å². The van der Waals surface area contributed by atoms with Gasteiger partial charge in [0.1, 0.15) is 23.3 Å². The lowest BCUT2D eigenvalue weighted by atomic mass is 10.2. The van der Waals surface area contributed by atoms with Gasteiger partial charge >= 0.3 is 18.0 Å². The van der Waals surface area contributed by atoms with Gasteiger partial charge in [0.05, 0.1) is 7.11 Å². The van der Waals surface area contributed by atoms with Crippen molar-refractivity contribution in [2.45, 2.75) is 39.3 Å². The fourth-order valence-corrected chi connectivity index (χ4v) is 2.29. The van der Waals surface area contributed by atoms with Crippen molar-refractivity contribution in [3.8, 4) is 0 Å². The molecule has 1 rings (SSSR count). The zero-order valence-electron chi connectivity index (χ0n) is 13.7. The first-order chi connectivity index (χ1) is 10.6. The molecule has 0 bridgehead atoms. The molecule has 1 atom stereocenters. The zero-order valence-corrected chi connectivity index (χ0v) is 14.5. The van der Waals surface area contributed by atoms with Gasteiger partial charge in [0.15, 0.2) is 5.69 Å². The first kappa shape index (κ1) is 18.9. The Hall–Kier alpha value is -2.16. The van der Waals surface area contributed by atoms with Crippen LogP contribution < -0.4 is 5.32 Å². The van der Waals surface area contributed by atoms with Gasteiger partial charge in [-0.2, -0.15) is 0 Å². The fraction of sp³-hybridized carbons (Fsp3) is 0.571. The lowest BCUT2D eigenvalue weighted by Gasteiger charge is -2.22. The van der Waals surface area contributed by atoms with Gasteiger partial charge in [-0.15, -0.1) is 11.3 Å². The molecule has 8 nitrogen and oxygen atoms in total. The standard InChI is InChI=1S/C14H20N2O6S/c1-8(17)21-6-9(16-13(19)22-14(2,3)4)11-15-10(7-23-11)12(18)20-5/h7,9H,6H2,1-5H3,(H,16,19)/t9-/m0/s1. The van der Waals surface area contributed by atoms with Crippen LogP contribution in [0.2, 0.25) is 0 Å². The molecular weight excluding hydrogens is 324 g/mol. The fourth-order valence-electron chi connectivity index (χ4n) is 1.47. The molecule has 0 aliphatic rings. The van der Waals surface area contributed by atoms with Gasteiger partial charge < -0.3 is 19.5 Å². The summed E-state index contributed by atoms with van der Waals surface area (Å²) in [4.78, 5) is 38.4. The number of rotatable bonds is 5. The number of ether oxygens (including phenoxy) is 3. The number of carbonyl (C=O) groups is 3. The minimum Gasteiger partial charge on any atom is -0.464 e. The van der Waals surface area contributed by atoms with E-state index >= 15 is 0 Å². The highest BCUT2D eigenvalue weighted by atomic mass is 32.1. The average Bonchev–Trinajstić information content (AvgIpc) is 2.89. The second kappa shape index (κ2) is 7.91. The van der Waals surface area contributed by atoms with Gasteiger partial charge in [-0.05, 0) is 20.8 Å². The molecule has 0 saturated carbocycles. The maximum atomic E-state index is 11.9. The van der Waals surface area contributed by atoms with Crippen LogP contribution in [0.25, 0.3) is 0 Å². The van der Waals surface area contributed by atoms with Gasteiger partial charge in [-0.3, -0.25) is 4.79 Å². The van der Waals surface area contributed by atoms with Crippen LogP contribution in [0, 0.1) is 0 Å². The number of alkyl carbamates (subject to hydrolysis) is 1. The summed E-state index contributed by atoms with van der Waals surface area (Å²) in [6.45, 7) is 6.32. The number of thiazole rings is 1. The maximum Gasteiger partial charge on any atom is 0.408 e. The molecule has 1 heterocycles. The van der Waals surface area contributed by atoms with Crippen molar-refractivity contribution < 1.29 is 28.6 Å². The number of hydrogen-bond donors (Lipinski definition) is 1. The Morgan fingerprint density at radius 3 is 2.52 bits per heavy atom. The number of carbonyl (C=O) groups excluding carboxylic acids is 3. The normalized spacial score (nSPS) is 12.2. The summed E-state index contributed by atoms with van der Waals surface area (Å²) < 4.78 is 14.7. The Morgan fingerprint density at radius 2 is 2.00 bits per heavy atom. The van der Waals surface area contributed by atoms with Crippen LogP contribution in [0.1, 0.15) is 49.2 Å². The maximum absolute atomic E-state index is 11.9. The molecule has 0 saturated heterocycles. The third kappa shape index (κ3) is 6.64. The number of aromatic nitrogens is 1. The zero-order chi connectivity index (χ0) is 17.6. The molecule has 1 amide bonds. The molecule has 0 aromatic carbocycles. The summed E-state index contributed by atoms with van der Waals surface area (Å²) in [6, 6.07) is -0.725. The molecule has 1 aromatic rings. The first-order valence-corrected chi connectivity index (χ1v) is 7.67. The van der Waals surface area contributed by atoms with E-state index in [2.05, 4.69) is 15.0 Å². The Morgan fingerprint density at radius 1 is 1.35 bits per heavy atom. The predicted molar refractivity (Wildman–Crippen MR) is 82.2 cm³/mol. The summed E-state index contributed by atoms with van der Waals surface area (Å²) in [7, 11) is 1.25. The Bertz CT molecular complexity index is 578. The van der Waals surface area contributed by atoms with E-state index in [9.17, 15) is 14.4 Å². The smallest absolute Gasteiger partial charge is 0.408 e. The Labute approximate surface area is 138 Å². The SMILES string of the molecule is COC(=O)c1csc([C@H](COC(C)=O)NC(=O)OC(C)(C)C)n1. The minimum absolute atomic E-state index is 0.117. The summed E-state index contributed by atoms with van der Waals surface area (Å²) in [6.07, 6.45) is -0.676. The molecular formula is C14H20N2O6S. The average molecular weight is 344 g/mol. The summed E-state index contributed by atoms with van der Waals surface area (Å²) in [5.41, 5.74) is -0.554. The van der Waals surface area contributed by atoms with Gasteiger partial charge in [0.25, 0.3) is 0 Å². The number of esters is 2. The van der Waals surface area contributed by atoms with E-state index < -0.39 is 29.7 Å². The number of methoxy groups -OCH3 is 1. The molecule has 0 radical (unpaired) electrons. The second-order valence-corrected chi connectivity index (χ2v) is 6.45. The Kier molecular flexibility index (Phi) is 6.49. The van der Waals surface area contributed by atoms with Crippen molar-refractivity contribution in [3.63, 3.8) is 0 Å². The van der Waals surface area contributed by atoms with Crippen molar-refractivity contribution >= 4 is 29.4 Å². The summed E-state index contributed by atoms with van der Waals surface area (Å²) in [5, 5.41) is 4.47. The molecule has 0 spiro atoms. The van der Waals surface area contributed by atoms with Crippen LogP contribution in [0.3, 0.4) is 0 Å². The van der Waals surface area contributed by atoms with E-state index in [-0.39, 0.29) is 12.3 Å². The molecule has 23 heavy (non-hydrogen) atoms. The lowest BCUT2D eigenvalue weighted by Crippen LogP contribution is -2.37. The number of hydrogen-bond acceptors (Lipinski definition) is 8. The van der Waals surface area contributed by atoms with Crippen molar-refractivity contribution in [2.24, 2.45) is 0 Å². The predicted octanol–water partition coefficient (Wildman–Crippen LogP) is 2.06. The molecule has 128 valence electrons. The molecule has 0 unspecified atom stereocenters. The molecule has 0 fully saturated rings. The van der Waals surface area contributed by atoms with Crippen LogP contribution in [0.15, 0.2) is 5.38 Å². The van der Waals surface area contributed by atoms with E-state index in [1.54, 1.807) is 20.8 Å². The van der Waals surface area contributed by atoms with Crippen LogP contribution in [0.5, 0.6) is 0 Å². The van der Waals surface area contributed by atoms with Crippen molar-refractivity contribution in [1.29, 1.82) is 0 Å². The van der Waals surface area contributed by atoms with Crippen molar-refractivity contribution in [2.75, 3.05) is 13.7 Å². The second-order valence-electron chi connectivity index (χ2n) is 5.56. The van der Waals surface area contributed by atoms with Gasteiger partial charge in [-0.1, -0.05) is 0 Å². The van der Waals surface area contributed by atoms with Crippen LogP contribution in [-0.2, 0) is 19.0 Å². The van der Waals surface area contributed by atoms with E-state index in [0.717, 1.165) is 11.3 Å². The van der Waals surface area contributed by atoms with E-state index in [4.69, 9.17) is 9.47 Å². The van der Waals surface area contributed by atoms with E-state index in [0.29, 0.717) is 5.01 Å². The van der Waals surface area contributed by atoms with Crippen molar-refractivity contribution in [3.05, 3.63) is 16.1 Å². The monoisotopic (exact) mass is 344 g/mol. The molecule has 1 N–H and O–H groups in total. The third-order valence-corrected chi connectivity index (χ3v) is 3.32. The molecule has 0 aliphatic heterocycles. The van der Waals surface area contributed by atoms with E-state index in [1.807, 2.05) is 0 Å². The highest BCUT2D eigenvalue weighted by molar-refractivity contribution is 7.09. The quantitative estimate of drug-likeness (QED) is 0.644. The number of amides is 1. The topological polar surface area (TPSA) is 104 Å². The summed E-state index contributed by atoms with van der Waals surface area (Å²) >= 11 is 1.14. The largest absolute Gasteiger partial charge is 0.464 e. The van der Waals surface area contributed by atoms with Gasteiger partial charge in [0.2, 0.25) is 0 Å². The third-order valence-electron chi connectivity index (χ3n) is 2.36. The highest BCUT2D eigenvalue weighted by Gasteiger charge is 2.24. The molecule has 0 aliphatic carbocycles. The highest BCUT2D eigenvalue weighted by Crippen LogP contribution is 2.20. The van der Waals surface area contributed by atoms with Crippen LogP contribution in [-0.4, -0.2) is 42.3 Å². The minimum atomic E-state index is -0.725. The van der Waals surface area contributed by atoms with Gasteiger partial charge in [-0.25, -0.2) is 14.6 Å². The molecule has 1 aromatic heterocycles.